The summed E-state index contributed by atoms with van der Waals surface area (Å²) in [5, 5.41) is 9.93. The second kappa shape index (κ2) is 5.10. The number of carboxylic acid groups (broad SMARTS) is 1. The van der Waals surface area contributed by atoms with Gasteiger partial charge in [-0.3, -0.25) is 0 Å². The molecule has 0 amide bonds. The van der Waals surface area contributed by atoms with Crippen LogP contribution in [0.15, 0.2) is 24.3 Å². The van der Waals surface area contributed by atoms with Crippen LogP contribution in [0.1, 0.15) is 0 Å². The maximum absolute atomic E-state index is 12.3. The van der Waals surface area contributed by atoms with E-state index < -0.39 is 18.4 Å². The molecule has 0 spiro atoms. The zero-order valence-electron chi connectivity index (χ0n) is 7.12. The van der Waals surface area contributed by atoms with Crippen LogP contribution in [0, 0.1) is 5.82 Å². The normalized spacial score (nSPS) is 8.69. The zero-order chi connectivity index (χ0) is 8.97. The van der Waals surface area contributed by atoms with Crippen LogP contribution in [0.3, 0.4) is 0 Å². The van der Waals surface area contributed by atoms with Crippen molar-refractivity contribution in [2.24, 2.45) is 0 Å². The Hall–Kier alpha value is -1.62. The molecule has 1 aromatic carbocycles. The first-order valence-corrected chi connectivity index (χ1v) is 3.26. The molecule has 0 aliphatic carbocycles. The predicted molar refractivity (Wildman–Crippen MR) is 42.9 cm³/mol. The van der Waals surface area contributed by atoms with Gasteiger partial charge in [-0.15, -0.1) is 0 Å². The number of rotatable bonds is 3. The number of ether oxygens (including phenoxy) is 1. The number of hydrogen-bond donors (Lipinski definition) is 1. The molecular formula is C8H10FNO3. The minimum absolute atomic E-state index is 0. The van der Waals surface area contributed by atoms with Crippen molar-refractivity contribution < 1.29 is 19.0 Å². The lowest BCUT2D eigenvalue weighted by Crippen LogP contribution is -2.28. The van der Waals surface area contributed by atoms with E-state index in [4.69, 9.17) is 4.74 Å². The molecule has 0 saturated heterocycles. The second-order valence-corrected chi connectivity index (χ2v) is 2.11. The molecule has 0 aliphatic rings. The van der Waals surface area contributed by atoms with Crippen molar-refractivity contribution in [1.29, 1.82) is 0 Å². The van der Waals surface area contributed by atoms with Gasteiger partial charge in [0.2, 0.25) is 0 Å². The van der Waals surface area contributed by atoms with Crippen LogP contribution in [0.2, 0.25) is 0 Å². The zero-order valence-corrected chi connectivity index (χ0v) is 7.12. The van der Waals surface area contributed by atoms with Crippen LogP contribution in [0.4, 0.5) is 4.39 Å². The highest BCUT2D eigenvalue weighted by atomic mass is 19.1. The van der Waals surface area contributed by atoms with Crippen molar-refractivity contribution in [1.82, 2.24) is 6.15 Å². The van der Waals surface area contributed by atoms with Crippen LogP contribution in [-0.2, 0) is 4.79 Å². The third-order valence-electron chi connectivity index (χ3n) is 1.17. The summed E-state index contributed by atoms with van der Waals surface area (Å²) in [5.41, 5.74) is 0. The molecule has 0 aliphatic heterocycles. The van der Waals surface area contributed by atoms with E-state index in [1.54, 1.807) is 0 Å². The molecule has 5 heteroatoms. The van der Waals surface area contributed by atoms with Gasteiger partial charge in [0.05, 0.1) is 5.97 Å². The molecule has 0 unspecified atom stereocenters. The van der Waals surface area contributed by atoms with Crippen LogP contribution < -0.4 is 16.0 Å². The Balaban J connectivity index is 0.00000144. The van der Waals surface area contributed by atoms with Gasteiger partial charge in [-0.2, -0.15) is 0 Å². The molecule has 72 valence electrons. The number of quaternary nitrogens is 1. The first-order chi connectivity index (χ1) is 5.68. The predicted octanol–water partition coefficient (Wildman–Crippen LogP) is 0.331. The van der Waals surface area contributed by atoms with E-state index in [2.05, 4.69) is 0 Å². The number of carbonyl (C=O) groups excluding carboxylic acids is 1. The fourth-order valence-corrected chi connectivity index (χ4v) is 0.673. The Kier molecular flexibility index (Phi) is 4.47. The number of hydrogen-bond acceptors (Lipinski definition) is 3. The van der Waals surface area contributed by atoms with Gasteiger partial charge in [0, 0.05) is 0 Å². The summed E-state index contributed by atoms with van der Waals surface area (Å²) >= 11 is 0. The monoisotopic (exact) mass is 187 g/mol. The van der Waals surface area contributed by atoms with Crippen LogP contribution in [0.25, 0.3) is 0 Å². The third kappa shape index (κ3) is 4.07. The molecule has 0 atom stereocenters. The first kappa shape index (κ1) is 11.4. The average molecular weight is 187 g/mol. The Morgan fingerprint density at radius 3 is 2.38 bits per heavy atom. The molecule has 4 N–H and O–H groups in total. The van der Waals surface area contributed by atoms with Crippen molar-refractivity contribution in [3.8, 4) is 5.75 Å². The Labute approximate surface area is 74.5 Å². The Morgan fingerprint density at radius 1 is 1.38 bits per heavy atom. The molecule has 1 aromatic rings. The summed E-state index contributed by atoms with van der Waals surface area (Å²) in [6.45, 7) is -0.522. The van der Waals surface area contributed by atoms with Gasteiger partial charge < -0.3 is 20.8 Å². The summed E-state index contributed by atoms with van der Waals surface area (Å²) < 4.78 is 17.0. The van der Waals surface area contributed by atoms with E-state index in [1.807, 2.05) is 0 Å². The lowest BCUT2D eigenvalue weighted by atomic mass is 10.3. The fourth-order valence-electron chi connectivity index (χ4n) is 0.673. The van der Waals surface area contributed by atoms with Gasteiger partial charge in [0.1, 0.15) is 18.2 Å². The summed E-state index contributed by atoms with van der Waals surface area (Å²) in [6.07, 6.45) is 0. The lowest BCUT2D eigenvalue weighted by Gasteiger charge is -2.05. The highest BCUT2D eigenvalue weighted by molar-refractivity contribution is 5.66. The van der Waals surface area contributed by atoms with Gasteiger partial charge in [-0.25, -0.2) is 4.39 Å². The summed E-state index contributed by atoms with van der Waals surface area (Å²) in [5.74, 6) is -1.39. The van der Waals surface area contributed by atoms with E-state index in [9.17, 15) is 14.3 Å². The molecule has 0 aromatic heterocycles. The molecule has 4 nitrogen and oxygen atoms in total. The summed E-state index contributed by atoms with van der Waals surface area (Å²) in [4.78, 5) is 9.93. The molecule has 0 heterocycles. The molecule has 0 radical (unpaired) electrons. The second-order valence-electron chi connectivity index (χ2n) is 2.11. The quantitative estimate of drug-likeness (QED) is 0.739. The van der Waals surface area contributed by atoms with E-state index in [1.165, 1.54) is 24.3 Å². The fraction of sp³-hybridized carbons (Fsp3) is 0.125. The smallest absolute Gasteiger partial charge is 0.128 e. The van der Waals surface area contributed by atoms with Gasteiger partial charge >= 0.3 is 0 Å². The molecule has 13 heavy (non-hydrogen) atoms. The van der Waals surface area contributed by atoms with Gasteiger partial charge in [0.25, 0.3) is 0 Å². The van der Waals surface area contributed by atoms with Crippen LogP contribution in [0.5, 0.6) is 5.75 Å². The van der Waals surface area contributed by atoms with Gasteiger partial charge in [-0.1, -0.05) is 0 Å². The average Bonchev–Trinajstić information content (AvgIpc) is 2.03. The maximum atomic E-state index is 12.3. The third-order valence-corrected chi connectivity index (χ3v) is 1.17. The van der Waals surface area contributed by atoms with E-state index in [0.717, 1.165) is 0 Å². The van der Waals surface area contributed by atoms with Crippen molar-refractivity contribution in [3.05, 3.63) is 30.1 Å². The highest BCUT2D eigenvalue weighted by Crippen LogP contribution is 2.10. The summed E-state index contributed by atoms with van der Waals surface area (Å²) in [7, 11) is 0. The minimum Gasteiger partial charge on any atom is -0.546 e. The molecule has 0 saturated carbocycles. The van der Waals surface area contributed by atoms with Crippen LogP contribution in [-0.4, -0.2) is 12.6 Å². The van der Waals surface area contributed by atoms with Crippen molar-refractivity contribution >= 4 is 5.97 Å². The Bertz CT molecular complexity index is 273. The number of benzene rings is 1. The van der Waals surface area contributed by atoms with E-state index >= 15 is 0 Å². The maximum Gasteiger partial charge on any atom is 0.128 e. The van der Waals surface area contributed by atoms with E-state index in [0.29, 0.717) is 5.75 Å². The Morgan fingerprint density at radius 2 is 1.92 bits per heavy atom. The standard InChI is InChI=1S/C8H7FO3.H3N/c9-6-1-3-7(4-2-6)12-5-8(10)11;/h1-4H,5H2,(H,10,11);1H3. The molecule has 0 bridgehead atoms. The van der Waals surface area contributed by atoms with Crippen LogP contribution >= 0.6 is 0 Å². The van der Waals surface area contributed by atoms with Crippen molar-refractivity contribution in [2.45, 2.75) is 0 Å². The molecule has 1 rings (SSSR count). The van der Waals surface area contributed by atoms with Crippen molar-refractivity contribution in [3.63, 3.8) is 0 Å². The minimum atomic E-state index is -1.31. The summed E-state index contributed by atoms with van der Waals surface area (Å²) in [6, 6.07) is 5.06. The van der Waals surface area contributed by atoms with E-state index in [-0.39, 0.29) is 6.15 Å². The van der Waals surface area contributed by atoms with Gasteiger partial charge in [-0.05, 0) is 24.3 Å². The largest absolute Gasteiger partial charge is 0.546 e. The van der Waals surface area contributed by atoms with Crippen molar-refractivity contribution in [2.75, 3.05) is 6.61 Å². The lowest BCUT2D eigenvalue weighted by molar-refractivity contribution is -0.307. The molecular weight excluding hydrogens is 177 g/mol. The number of carboxylic acids is 1. The van der Waals surface area contributed by atoms with Gasteiger partial charge in [0.15, 0.2) is 0 Å². The number of halogens is 1. The highest BCUT2D eigenvalue weighted by Gasteiger charge is 1.93. The SMILES string of the molecule is O=C([O-])COc1ccc(F)cc1.[NH4+]. The topological polar surface area (TPSA) is 85.9 Å². The molecule has 0 fully saturated rings. The first-order valence-electron chi connectivity index (χ1n) is 3.26. The number of aliphatic carboxylic acids is 1. The number of carbonyl (C=O) groups is 1.